The van der Waals surface area contributed by atoms with Crippen LogP contribution in [0.15, 0.2) is 12.1 Å². The maximum absolute atomic E-state index is 5.99. The summed E-state index contributed by atoms with van der Waals surface area (Å²) in [7, 11) is 0. The molecule has 1 aromatic rings. The van der Waals surface area contributed by atoms with Crippen LogP contribution < -0.4 is 5.73 Å². The summed E-state index contributed by atoms with van der Waals surface area (Å²) in [4.78, 5) is 0. The van der Waals surface area contributed by atoms with E-state index in [1.165, 1.54) is 41.5 Å². The lowest BCUT2D eigenvalue weighted by atomic mass is 9.93. The summed E-state index contributed by atoms with van der Waals surface area (Å²) in [6, 6.07) is 4.57. The van der Waals surface area contributed by atoms with Gasteiger partial charge in [0.2, 0.25) is 0 Å². The van der Waals surface area contributed by atoms with Crippen molar-refractivity contribution in [3.8, 4) is 0 Å². The predicted molar refractivity (Wildman–Crippen MR) is 76.5 cm³/mol. The van der Waals surface area contributed by atoms with Crippen LogP contribution in [0, 0.1) is 20.8 Å². The molecule has 0 aromatic heterocycles. The lowest BCUT2D eigenvalue weighted by Gasteiger charge is -2.18. The number of benzene rings is 1. The van der Waals surface area contributed by atoms with Crippen LogP contribution in [0.25, 0.3) is 0 Å². The first-order valence-electron chi connectivity index (χ1n) is 6.65. The Kier molecular flexibility index (Phi) is 4.76. The molecule has 0 amide bonds. The van der Waals surface area contributed by atoms with E-state index in [1.807, 2.05) is 0 Å². The summed E-state index contributed by atoms with van der Waals surface area (Å²) in [5.74, 6) is 0. The summed E-state index contributed by atoms with van der Waals surface area (Å²) < 4.78 is 0. The highest BCUT2D eigenvalue weighted by molar-refractivity contribution is 5.37. The van der Waals surface area contributed by atoms with Gasteiger partial charge in [0, 0.05) is 5.54 Å². The van der Waals surface area contributed by atoms with Crippen molar-refractivity contribution in [3.05, 3.63) is 34.4 Å². The predicted octanol–water partition coefficient (Wildman–Crippen LogP) is 4.06. The van der Waals surface area contributed by atoms with Crippen molar-refractivity contribution in [2.45, 2.75) is 65.8 Å². The summed E-state index contributed by atoms with van der Waals surface area (Å²) in [6.07, 6.45) is 4.76. The standard InChI is InChI=1S/C16H27N/c1-12-10-13(2)15(14(3)11-12)8-6-7-9-16(4,5)17/h10-11H,6-9,17H2,1-5H3. The Bertz CT molecular complexity index is 349. The van der Waals surface area contributed by atoms with Crippen LogP contribution >= 0.6 is 0 Å². The average molecular weight is 233 g/mol. The van der Waals surface area contributed by atoms with Crippen LogP contribution in [-0.4, -0.2) is 5.54 Å². The smallest absolute Gasteiger partial charge is 0.00970 e. The zero-order valence-electron chi connectivity index (χ0n) is 12.1. The second kappa shape index (κ2) is 5.68. The van der Waals surface area contributed by atoms with Crippen LogP contribution in [-0.2, 0) is 6.42 Å². The van der Waals surface area contributed by atoms with Crippen molar-refractivity contribution < 1.29 is 0 Å². The van der Waals surface area contributed by atoms with Crippen molar-refractivity contribution in [2.24, 2.45) is 5.73 Å². The molecule has 1 aromatic carbocycles. The minimum absolute atomic E-state index is 0.0165. The molecule has 0 radical (unpaired) electrons. The SMILES string of the molecule is Cc1cc(C)c(CCCCC(C)(C)N)c(C)c1. The van der Waals surface area contributed by atoms with E-state index < -0.39 is 0 Å². The van der Waals surface area contributed by atoms with E-state index in [9.17, 15) is 0 Å². The van der Waals surface area contributed by atoms with E-state index in [1.54, 1.807) is 0 Å². The molecule has 0 bridgehead atoms. The zero-order chi connectivity index (χ0) is 13.1. The largest absolute Gasteiger partial charge is 0.326 e. The van der Waals surface area contributed by atoms with E-state index in [4.69, 9.17) is 5.73 Å². The number of nitrogens with two attached hydrogens (primary N) is 1. The van der Waals surface area contributed by atoms with Gasteiger partial charge in [-0.15, -0.1) is 0 Å². The topological polar surface area (TPSA) is 26.0 Å². The van der Waals surface area contributed by atoms with E-state index in [2.05, 4.69) is 46.8 Å². The molecule has 96 valence electrons. The van der Waals surface area contributed by atoms with Crippen molar-refractivity contribution in [1.82, 2.24) is 0 Å². The Hall–Kier alpha value is -0.820. The normalized spacial score (nSPS) is 11.9. The molecule has 0 fully saturated rings. The highest BCUT2D eigenvalue weighted by Crippen LogP contribution is 2.20. The van der Waals surface area contributed by atoms with Gasteiger partial charge in [0.1, 0.15) is 0 Å². The Morgan fingerprint density at radius 3 is 2.00 bits per heavy atom. The fourth-order valence-corrected chi connectivity index (χ4v) is 2.49. The third kappa shape index (κ3) is 4.91. The Balaban J connectivity index is 2.53. The molecule has 0 saturated carbocycles. The second-order valence-electron chi connectivity index (χ2n) is 6.07. The maximum Gasteiger partial charge on any atom is 0.00970 e. The summed E-state index contributed by atoms with van der Waals surface area (Å²) in [6.45, 7) is 10.8. The first-order valence-corrected chi connectivity index (χ1v) is 6.65. The molecule has 0 aliphatic carbocycles. The first-order chi connectivity index (χ1) is 7.79. The third-order valence-electron chi connectivity index (χ3n) is 3.34. The van der Waals surface area contributed by atoms with Gasteiger partial charge in [-0.2, -0.15) is 0 Å². The van der Waals surface area contributed by atoms with Crippen molar-refractivity contribution >= 4 is 0 Å². The van der Waals surface area contributed by atoms with Crippen LogP contribution in [0.1, 0.15) is 55.4 Å². The molecule has 0 aliphatic rings. The second-order valence-corrected chi connectivity index (χ2v) is 6.07. The highest BCUT2D eigenvalue weighted by atomic mass is 14.7. The number of hydrogen-bond donors (Lipinski definition) is 1. The molecule has 1 rings (SSSR count). The monoisotopic (exact) mass is 233 g/mol. The molecule has 0 spiro atoms. The molecule has 0 atom stereocenters. The first kappa shape index (κ1) is 14.2. The van der Waals surface area contributed by atoms with Gasteiger partial charge < -0.3 is 5.73 Å². The summed E-state index contributed by atoms with van der Waals surface area (Å²) in [5.41, 5.74) is 11.8. The maximum atomic E-state index is 5.99. The number of hydrogen-bond acceptors (Lipinski definition) is 1. The minimum Gasteiger partial charge on any atom is -0.326 e. The van der Waals surface area contributed by atoms with Gasteiger partial charge in [0.25, 0.3) is 0 Å². The van der Waals surface area contributed by atoms with E-state index in [-0.39, 0.29) is 5.54 Å². The highest BCUT2D eigenvalue weighted by Gasteiger charge is 2.10. The number of unbranched alkanes of at least 4 members (excludes halogenated alkanes) is 1. The molecule has 0 saturated heterocycles. The quantitative estimate of drug-likeness (QED) is 0.762. The van der Waals surface area contributed by atoms with Crippen LogP contribution in [0.4, 0.5) is 0 Å². The van der Waals surface area contributed by atoms with Crippen LogP contribution in [0.5, 0.6) is 0 Å². The lowest BCUT2D eigenvalue weighted by molar-refractivity contribution is 0.450. The molecule has 2 N–H and O–H groups in total. The molecular weight excluding hydrogens is 206 g/mol. The van der Waals surface area contributed by atoms with Crippen molar-refractivity contribution in [2.75, 3.05) is 0 Å². The Morgan fingerprint density at radius 1 is 1.00 bits per heavy atom. The molecular formula is C16H27N. The number of rotatable bonds is 5. The van der Waals surface area contributed by atoms with Gasteiger partial charge in [-0.25, -0.2) is 0 Å². The van der Waals surface area contributed by atoms with Gasteiger partial charge in [-0.3, -0.25) is 0 Å². The van der Waals surface area contributed by atoms with Gasteiger partial charge in [0.15, 0.2) is 0 Å². The fraction of sp³-hybridized carbons (Fsp3) is 0.625. The molecule has 1 heteroatoms. The van der Waals surface area contributed by atoms with Gasteiger partial charge in [-0.05, 0) is 70.6 Å². The average Bonchev–Trinajstić information content (AvgIpc) is 2.13. The fourth-order valence-electron chi connectivity index (χ4n) is 2.49. The zero-order valence-corrected chi connectivity index (χ0v) is 12.1. The summed E-state index contributed by atoms with van der Waals surface area (Å²) >= 11 is 0. The van der Waals surface area contributed by atoms with Crippen molar-refractivity contribution in [1.29, 1.82) is 0 Å². The minimum atomic E-state index is -0.0165. The Morgan fingerprint density at radius 2 is 1.53 bits per heavy atom. The van der Waals surface area contributed by atoms with Gasteiger partial charge >= 0.3 is 0 Å². The number of aryl methyl sites for hydroxylation is 3. The molecule has 0 aliphatic heterocycles. The molecule has 0 unspecified atom stereocenters. The van der Waals surface area contributed by atoms with E-state index >= 15 is 0 Å². The molecule has 0 heterocycles. The van der Waals surface area contributed by atoms with Crippen LogP contribution in [0.3, 0.4) is 0 Å². The molecule has 1 nitrogen and oxygen atoms in total. The third-order valence-corrected chi connectivity index (χ3v) is 3.34. The molecule has 17 heavy (non-hydrogen) atoms. The van der Waals surface area contributed by atoms with E-state index in [0.717, 1.165) is 6.42 Å². The van der Waals surface area contributed by atoms with E-state index in [0.29, 0.717) is 0 Å². The van der Waals surface area contributed by atoms with Gasteiger partial charge in [-0.1, -0.05) is 24.1 Å². The lowest BCUT2D eigenvalue weighted by Crippen LogP contribution is -2.31. The van der Waals surface area contributed by atoms with Gasteiger partial charge in [0.05, 0.1) is 0 Å². The van der Waals surface area contributed by atoms with Crippen molar-refractivity contribution in [3.63, 3.8) is 0 Å². The Labute approximate surface area is 106 Å². The van der Waals surface area contributed by atoms with Crippen LogP contribution in [0.2, 0.25) is 0 Å². The summed E-state index contributed by atoms with van der Waals surface area (Å²) in [5, 5.41) is 0.